The van der Waals surface area contributed by atoms with E-state index in [0.29, 0.717) is 24.8 Å². The van der Waals surface area contributed by atoms with Crippen molar-refractivity contribution in [3.05, 3.63) is 23.8 Å². The topological polar surface area (TPSA) is 78.4 Å². The Labute approximate surface area is 132 Å². The van der Waals surface area contributed by atoms with Crippen LogP contribution in [-0.2, 0) is 6.54 Å². The van der Waals surface area contributed by atoms with Gasteiger partial charge in [0.1, 0.15) is 5.82 Å². The molecule has 22 heavy (non-hydrogen) atoms. The fourth-order valence-corrected chi connectivity index (χ4v) is 3.32. The summed E-state index contributed by atoms with van der Waals surface area (Å²) < 4.78 is 0. The van der Waals surface area contributed by atoms with Crippen LogP contribution in [0.4, 0.5) is 4.79 Å². The lowest BCUT2D eigenvalue weighted by atomic mass is 9.87. The lowest BCUT2D eigenvalue weighted by Crippen LogP contribution is -2.54. The average molecular weight is 306 g/mol. The summed E-state index contributed by atoms with van der Waals surface area (Å²) in [5.41, 5.74) is 0.373. The Bertz CT molecular complexity index is 521. The maximum absolute atomic E-state index is 12.5. The molecule has 2 N–H and O–H groups in total. The van der Waals surface area contributed by atoms with Crippen LogP contribution in [-0.4, -0.2) is 44.7 Å². The van der Waals surface area contributed by atoms with Gasteiger partial charge < -0.3 is 15.3 Å². The van der Waals surface area contributed by atoms with Gasteiger partial charge in [-0.2, -0.15) is 0 Å². The average Bonchev–Trinajstić information content (AvgIpc) is 2.88. The minimum Gasteiger partial charge on any atom is -0.394 e. The maximum atomic E-state index is 12.5. The smallest absolute Gasteiger partial charge is 0.318 e. The monoisotopic (exact) mass is 306 g/mol. The van der Waals surface area contributed by atoms with Crippen molar-refractivity contribution in [3.63, 3.8) is 0 Å². The number of carbonyl (C=O) groups is 1. The molecular formula is C16H26N4O2. The quantitative estimate of drug-likeness (QED) is 0.870. The Morgan fingerprint density at radius 3 is 2.95 bits per heavy atom. The number of hydrogen-bond acceptors (Lipinski definition) is 4. The first kappa shape index (κ1) is 16.7. The minimum absolute atomic E-state index is 0.0191. The molecule has 1 fully saturated rings. The largest absolute Gasteiger partial charge is 0.394 e. The van der Waals surface area contributed by atoms with Crippen molar-refractivity contribution in [2.75, 3.05) is 13.2 Å². The molecule has 0 aromatic carbocycles. The Hall–Kier alpha value is -1.69. The number of amides is 2. The summed E-state index contributed by atoms with van der Waals surface area (Å²) in [7, 11) is 0. The third-order valence-corrected chi connectivity index (χ3v) is 4.18. The van der Waals surface area contributed by atoms with Crippen LogP contribution >= 0.6 is 0 Å². The Morgan fingerprint density at radius 1 is 1.55 bits per heavy atom. The second kappa shape index (κ2) is 7.05. The number of nitrogens with zero attached hydrogens (tertiary/aromatic N) is 3. The zero-order valence-corrected chi connectivity index (χ0v) is 13.7. The molecule has 2 amide bonds. The Balaban J connectivity index is 2.01. The van der Waals surface area contributed by atoms with Crippen LogP contribution in [0.2, 0.25) is 0 Å². The van der Waals surface area contributed by atoms with E-state index in [2.05, 4.69) is 29.1 Å². The van der Waals surface area contributed by atoms with E-state index in [1.54, 1.807) is 17.2 Å². The number of aliphatic hydroxyl groups excluding tert-OH is 1. The van der Waals surface area contributed by atoms with Gasteiger partial charge in [0.05, 0.1) is 24.4 Å². The van der Waals surface area contributed by atoms with Crippen LogP contribution in [0, 0.1) is 12.8 Å². The molecule has 0 saturated carbocycles. The van der Waals surface area contributed by atoms with Crippen LogP contribution in [0.25, 0.3) is 0 Å². The fourth-order valence-electron chi connectivity index (χ4n) is 3.32. The van der Waals surface area contributed by atoms with Gasteiger partial charge in [0.2, 0.25) is 0 Å². The molecule has 2 rings (SSSR count). The summed E-state index contributed by atoms with van der Waals surface area (Å²) in [6, 6.07) is 1.67. The number of aromatic nitrogens is 2. The molecule has 6 heteroatoms. The van der Waals surface area contributed by atoms with Crippen LogP contribution < -0.4 is 5.32 Å². The predicted molar refractivity (Wildman–Crippen MR) is 84.2 cm³/mol. The summed E-state index contributed by atoms with van der Waals surface area (Å²) in [5.74, 6) is 1.13. The van der Waals surface area contributed by atoms with Gasteiger partial charge in [0.25, 0.3) is 0 Å². The normalized spacial score (nSPS) is 21.4. The standard InChI is InChI=1S/C16H26N4O2/c1-12(2)9-16(11-21)6-4-8-20(16)15(22)18-10-14-5-7-17-13(3)19-14/h5,7,12,21H,4,6,8-11H2,1-3H3,(H,18,22)/t16-/m1/s1. The lowest BCUT2D eigenvalue weighted by Gasteiger charge is -2.38. The molecular weight excluding hydrogens is 280 g/mol. The second-order valence-corrected chi connectivity index (χ2v) is 6.49. The van der Waals surface area contributed by atoms with Gasteiger partial charge in [-0.15, -0.1) is 0 Å². The summed E-state index contributed by atoms with van der Waals surface area (Å²) >= 11 is 0. The predicted octanol–water partition coefficient (Wildman–Crippen LogP) is 1.87. The SMILES string of the molecule is Cc1nccc(CNC(=O)N2CCC[C@]2(CO)CC(C)C)n1. The van der Waals surface area contributed by atoms with Gasteiger partial charge in [0, 0.05) is 12.7 Å². The molecule has 1 aliphatic rings. The molecule has 1 aromatic rings. The van der Waals surface area contributed by atoms with Crippen molar-refractivity contribution < 1.29 is 9.90 Å². The zero-order chi connectivity index (χ0) is 16.2. The molecule has 1 atom stereocenters. The van der Waals surface area contributed by atoms with Crippen molar-refractivity contribution >= 4 is 6.03 Å². The van der Waals surface area contributed by atoms with E-state index in [4.69, 9.17) is 0 Å². The highest BCUT2D eigenvalue weighted by atomic mass is 16.3. The van der Waals surface area contributed by atoms with Gasteiger partial charge in [-0.05, 0) is 38.2 Å². The summed E-state index contributed by atoms with van der Waals surface area (Å²) in [4.78, 5) is 22.7. The first-order valence-electron chi connectivity index (χ1n) is 7.92. The van der Waals surface area contributed by atoms with Crippen LogP contribution in [0.15, 0.2) is 12.3 Å². The van der Waals surface area contributed by atoms with Gasteiger partial charge >= 0.3 is 6.03 Å². The molecule has 6 nitrogen and oxygen atoms in total. The number of carbonyl (C=O) groups excluding carboxylic acids is 1. The fraction of sp³-hybridized carbons (Fsp3) is 0.688. The van der Waals surface area contributed by atoms with Gasteiger partial charge in [-0.3, -0.25) is 0 Å². The van der Waals surface area contributed by atoms with E-state index in [1.165, 1.54) is 0 Å². The number of urea groups is 1. The number of hydrogen-bond donors (Lipinski definition) is 2. The van der Waals surface area contributed by atoms with Crippen molar-refractivity contribution in [2.45, 2.75) is 52.1 Å². The summed E-state index contributed by atoms with van der Waals surface area (Å²) in [6.07, 6.45) is 4.31. The van der Waals surface area contributed by atoms with Crippen molar-refractivity contribution in [1.29, 1.82) is 0 Å². The van der Waals surface area contributed by atoms with Gasteiger partial charge in [0.15, 0.2) is 0 Å². The molecule has 1 saturated heterocycles. The van der Waals surface area contributed by atoms with Crippen LogP contribution in [0.5, 0.6) is 0 Å². The highest BCUT2D eigenvalue weighted by Gasteiger charge is 2.43. The van der Waals surface area contributed by atoms with Gasteiger partial charge in [-0.1, -0.05) is 13.8 Å². The van der Waals surface area contributed by atoms with Crippen molar-refractivity contribution in [2.24, 2.45) is 5.92 Å². The molecule has 0 radical (unpaired) electrons. The number of nitrogens with one attached hydrogen (secondary N) is 1. The number of aliphatic hydroxyl groups is 1. The molecule has 0 spiro atoms. The second-order valence-electron chi connectivity index (χ2n) is 6.49. The Morgan fingerprint density at radius 2 is 2.32 bits per heavy atom. The van der Waals surface area contributed by atoms with Crippen molar-refractivity contribution in [1.82, 2.24) is 20.2 Å². The Kier molecular flexibility index (Phi) is 5.34. The zero-order valence-electron chi connectivity index (χ0n) is 13.7. The van der Waals surface area contributed by atoms with Crippen molar-refractivity contribution in [3.8, 4) is 0 Å². The minimum atomic E-state index is -0.417. The first-order chi connectivity index (χ1) is 10.5. The summed E-state index contributed by atoms with van der Waals surface area (Å²) in [5, 5.41) is 12.8. The number of rotatable bonds is 5. The molecule has 0 aliphatic carbocycles. The third kappa shape index (κ3) is 3.74. The van der Waals surface area contributed by atoms with Crippen LogP contribution in [0.1, 0.15) is 44.6 Å². The van der Waals surface area contributed by atoms with Gasteiger partial charge in [-0.25, -0.2) is 14.8 Å². The number of aryl methyl sites for hydroxylation is 1. The molecule has 1 aliphatic heterocycles. The highest BCUT2D eigenvalue weighted by Crippen LogP contribution is 2.34. The maximum Gasteiger partial charge on any atom is 0.318 e. The first-order valence-corrected chi connectivity index (χ1v) is 7.92. The van der Waals surface area contributed by atoms with E-state index in [0.717, 1.165) is 25.0 Å². The van der Waals surface area contributed by atoms with E-state index >= 15 is 0 Å². The molecule has 0 unspecified atom stereocenters. The molecule has 122 valence electrons. The van der Waals surface area contributed by atoms with E-state index in [9.17, 15) is 9.90 Å². The van der Waals surface area contributed by atoms with Crippen LogP contribution in [0.3, 0.4) is 0 Å². The van der Waals surface area contributed by atoms with E-state index < -0.39 is 5.54 Å². The van der Waals surface area contributed by atoms with E-state index in [1.807, 2.05) is 6.92 Å². The third-order valence-electron chi connectivity index (χ3n) is 4.18. The highest BCUT2D eigenvalue weighted by molar-refractivity contribution is 5.75. The molecule has 2 heterocycles. The number of likely N-dealkylation sites (tertiary alicyclic amines) is 1. The molecule has 0 bridgehead atoms. The van der Waals surface area contributed by atoms with E-state index in [-0.39, 0.29) is 12.6 Å². The lowest BCUT2D eigenvalue weighted by molar-refractivity contribution is 0.0675. The summed E-state index contributed by atoms with van der Waals surface area (Å²) in [6.45, 7) is 7.16. The molecule has 1 aromatic heterocycles.